The fraction of sp³-hybridized carbons (Fsp3) is 0.235. The van der Waals surface area contributed by atoms with Crippen LogP contribution in [0.25, 0.3) is 0 Å². The zero-order valence-corrected chi connectivity index (χ0v) is 11.5. The molecule has 2 aliphatic rings. The summed E-state index contributed by atoms with van der Waals surface area (Å²) in [7, 11) is 0. The van der Waals surface area contributed by atoms with Crippen molar-refractivity contribution in [2.24, 2.45) is 4.99 Å². The first-order valence-electron chi connectivity index (χ1n) is 7.07. The van der Waals surface area contributed by atoms with Crippen molar-refractivity contribution in [3.05, 3.63) is 64.5 Å². The molecule has 0 saturated heterocycles. The molecule has 0 radical (unpaired) electrons. The van der Waals surface area contributed by atoms with Crippen LogP contribution >= 0.6 is 0 Å². The van der Waals surface area contributed by atoms with Gasteiger partial charge < -0.3 is 4.74 Å². The molecule has 0 bridgehead atoms. The number of benzene rings is 1. The van der Waals surface area contributed by atoms with Crippen LogP contribution in [0.15, 0.2) is 41.7 Å². The molecule has 0 atom stereocenters. The Kier molecular flexibility index (Phi) is 2.81. The van der Waals surface area contributed by atoms with Crippen LogP contribution in [0.3, 0.4) is 0 Å². The average molecular weight is 278 g/mol. The summed E-state index contributed by atoms with van der Waals surface area (Å²) in [4.78, 5) is 20.3. The van der Waals surface area contributed by atoms with E-state index in [-0.39, 0.29) is 5.97 Å². The fourth-order valence-corrected chi connectivity index (χ4v) is 2.98. The number of fused-ring (bicyclic) bond motifs is 2. The molecule has 3 heterocycles. The Morgan fingerprint density at radius 3 is 2.76 bits per heavy atom. The quantitative estimate of drug-likeness (QED) is 0.750. The Morgan fingerprint density at radius 1 is 1.05 bits per heavy atom. The molecular formula is C17H14N2O2. The number of carbonyl (C=O) groups is 1. The minimum Gasteiger partial charge on any atom is -0.465 e. The number of pyridine rings is 1. The van der Waals surface area contributed by atoms with Gasteiger partial charge in [-0.3, -0.25) is 14.8 Å². The van der Waals surface area contributed by atoms with E-state index in [0.717, 1.165) is 23.3 Å². The Labute approximate surface area is 122 Å². The average Bonchev–Trinajstić information content (AvgIpc) is 2.81. The summed E-state index contributed by atoms with van der Waals surface area (Å²) in [5.41, 5.74) is 6.76. The zero-order chi connectivity index (χ0) is 14.2. The van der Waals surface area contributed by atoms with Crippen LogP contribution in [0.4, 0.5) is 0 Å². The van der Waals surface area contributed by atoms with Gasteiger partial charge in [0.25, 0.3) is 0 Å². The van der Waals surface area contributed by atoms with E-state index in [2.05, 4.69) is 22.1 Å². The molecule has 2 aliphatic heterocycles. The topological polar surface area (TPSA) is 51.5 Å². The lowest BCUT2D eigenvalue weighted by Gasteiger charge is -2.09. The number of esters is 1. The molecule has 0 spiro atoms. The van der Waals surface area contributed by atoms with Crippen LogP contribution < -0.4 is 0 Å². The van der Waals surface area contributed by atoms with Gasteiger partial charge in [-0.2, -0.15) is 0 Å². The van der Waals surface area contributed by atoms with Gasteiger partial charge in [0.1, 0.15) is 0 Å². The zero-order valence-electron chi connectivity index (χ0n) is 11.5. The van der Waals surface area contributed by atoms with Crippen molar-refractivity contribution < 1.29 is 9.53 Å². The summed E-state index contributed by atoms with van der Waals surface area (Å²) in [6.45, 7) is 1.14. The number of aliphatic imine (C=N–C) groups is 1. The largest absolute Gasteiger partial charge is 0.465 e. The molecule has 4 heteroatoms. The first-order valence-corrected chi connectivity index (χ1v) is 7.07. The summed E-state index contributed by atoms with van der Waals surface area (Å²) in [5, 5.41) is 0. The van der Waals surface area contributed by atoms with E-state index in [9.17, 15) is 4.79 Å². The van der Waals surface area contributed by atoms with Crippen molar-refractivity contribution >= 4 is 11.7 Å². The van der Waals surface area contributed by atoms with Crippen LogP contribution in [0, 0.1) is 0 Å². The normalized spacial score (nSPS) is 16.6. The van der Waals surface area contributed by atoms with Gasteiger partial charge in [-0.05, 0) is 34.9 Å². The molecule has 1 aromatic heterocycles. The van der Waals surface area contributed by atoms with Crippen LogP contribution in [-0.4, -0.2) is 23.3 Å². The molecule has 21 heavy (non-hydrogen) atoms. The van der Waals surface area contributed by atoms with Crippen molar-refractivity contribution in [1.29, 1.82) is 0 Å². The van der Waals surface area contributed by atoms with Crippen molar-refractivity contribution in [3.63, 3.8) is 0 Å². The first kappa shape index (κ1) is 12.3. The lowest BCUT2D eigenvalue weighted by atomic mass is 9.93. The van der Waals surface area contributed by atoms with E-state index < -0.39 is 0 Å². The Hall–Kier alpha value is -2.49. The number of hydrogen-bond donors (Lipinski definition) is 0. The molecule has 1 aromatic carbocycles. The highest BCUT2D eigenvalue weighted by Crippen LogP contribution is 2.28. The molecule has 0 fully saturated rings. The summed E-state index contributed by atoms with van der Waals surface area (Å²) in [6, 6.07) is 8.26. The summed E-state index contributed by atoms with van der Waals surface area (Å²) < 4.78 is 5.15. The van der Waals surface area contributed by atoms with Crippen molar-refractivity contribution in [3.8, 4) is 0 Å². The monoisotopic (exact) mass is 278 g/mol. The van der Waals surface area contributed by atoms with Gasteiger partial charge in [0.05, 0.1) is 25.3 Å². The fourth-order valence-electron chi connectivity index (χ4n) is 2.98. The van der Waals surface area contributed by atoms with Gasteiger partial charge >= 0.3 is 5.97 Å². The second-order valence-electron chi connectivity index (χ2n) is 5.33. The first-order chi connectivity index (χ1) is 10.3. The molecule has 2 aromatic rings. The lowest BCUT2D eigenvalue weighted by molar-refractivity contribution is -0.142. The molecule has 104 valence electrons. The number of rotatable bonds is 1. The third kappa shape index (κ3) is 2.13. The number of hydrogen-bond acceptors (Lipinski definition) is 4. The van der Waals surface area contributed by atoms with Crippen LogP contribution in [0.1, 0.15) is 27.8 Å². The third-order valence-electron chi connectivity index (χ3n) is 4.01. The molecule has 0 unspecified atom stereocenters. The molecule has 0 amide bonds. The predicted molar refractivity (Wildman–Crippen MR) is 78.4 cm³/mol. The van der Waals surface area contributed by atoms with E-state index in [0.29, 0.717) is 19.6 Å². The Bertz CT molecular complexity index is 751. The van der Waals surface area contributed by atoms with Gasteiger partial charge in [0, 0.05) is 29.9 Å². The minimum atomic E-state index is -0.137. The second kappa shape index (κ2) is 4.81. The van der Waals surface area contributed by atoms with Crippen molar-refractivity contribution in [1.82, 2.24) is 4.98 Å². The van der Waals surface area contributed by atoms with Gasteiger partial charge in [-0.1, -0.05) is 6.07 Å². The lowest BCUT2D eigenvalue weighted by Crippen LogP contribution is -2.06. The van der Waals surface area contributed by atoms with E-state index in [4.69, 9.17) is 4.74 Å². The van der Waals surface area contributed by atoms with E-state index in [1.54, 1.807) is 12.4 Å². The number of nitrogens with zero attached hydrogens (tertiary/aromatic N) is 2. The Morgan fingerprint density at radius 2 is 1.90 bits per heavy atom. The maximum Gasteiger partial charge on any atom is 0.310 e. The van der Waals surface area contributed by atoms with Crippen LogP contribution in [0.5, 0.6) is 0 Å². The van der Waals surface area contributed by atoms with E-state index >= 15 is 0 Å². The number of carbonyl (C=O) groups excluding carboxylic acids is 1. The number of ether oxygens (including phenoxy) is 1. The van der Waals surface area contributed by atoms with Gasteiger partial charge in [-0.25, -0.2) is 0 Å². The molecular weight excluding hydrogens is 264 g/mol. The highest BCUT2D eigenvalue weighted by molar-refractivity contribution is 6.15. The smallest absolute Gasteiger partial charge is 0.310 e. The molecule has 0 aliphatic carbocycles. The minimum absolute atomic E-state index is 0.137. The van der Waals surface area contributed by atoms with E-state index in [1.807, 2.05) is 12.1 Å². The van der Waals surface area contributed by atoms with Gasteiger partial charge in [0.15, 0.2) is 0 Å². The molecule has 4 nitrogen and oxygen atoms in total. The van der Waals surface area contributed by atoms with Crippen molar-refractivity contribution in [2.75, 3.05) is 6.61 Å². The number of aromatic nitrogens is 1. The summed E-state index contributed by atoms with van der Waals surface area (Å²) in [5.74, 6) is -0.137. The van der Waals surface area contributed by atoms with Crippen LogP contribution in [0.2, 0.25) is 0 Å². The highest BCUT2D eigenvalue weighted by atomic mass is 16.5. The van der Waals surface area contributed by atoms with Gasteiger partial charge in [-0.15, -0.1) is 0 Å². The Balaban J connectivity index is 1.79. The standard InChI is InChI=1S/C17H14N2O2/c20-16-9-13-7-14-10-19-17(11-1-4-18-5-2-11)15(14)8-12(13)3-6-21-16/h1-2,4-5,7-8H,3,6,9-10H2. The number of cyclic esters (lactones) is 1. The van der Waals surface area contributed by atoms with E-state index in [1.165, 1.54) is 16.7 Å². The molecule has 4 rings (SSSR count). The third-order valence-corrected chi connectivity index (χ3v) is 4.01. The maximum absolute atomic E-state index is 11.6. The second-order valence-corrected chi connectivity index (χ2v) is 5.33. The van der Waals surface area contributed by atoms with Gasteiger partial charge in [0.2, 0.25) is 0 Å². The summed E-state index contributed by atoms with van der Waals surface area (Å²) in [6.07, 6.45) is 4.71. The summed E-state index contributed by atoms with van der Waals surface area (Å²) >= 11 is 0. The van der Waals surface area contributed by atoms with Crippen molar-refractivity contribution in [2.45, 2.75) is 19.4 Å². The molecule has 0 saturated carbocycles. The maximum atomic E-state index is 11.6. The SMILES string of the molecule is O=C1Cc2cc3c(cc2CCO1)C(c1ccncc1)=NC3. The molecule has 0 N–H and O–H groups in total. The predicted octanol–water partition coefficient (Wildman–Crippen LogP) is 2.07. The van der Waals surface area contributed by atoms with Crippen LogP contribution in [-0.2, 0) is 28.9 Å². The highest BCUT2D eigenvalue weighted by Gasteiger charge is 2.22.